The molecule has 39 heavy (non-hydrogen) atoms. The molecule has 0 bridgehead atoms. The van der Waals surface area contributed by atoms with Crippen LogP contribution in [0.3, 0.4) is 0 Å². The first-order chi connectivity index (χ1) is 19.1. The van der Waals surface area contributed by atoms with Crippen molar-refractivity contribution in [2.24, 2.45) is 10.7 Å². The summed E-state index contributed by atoms with van der Waals surface area (Å²) >= 11 is 6.24. The molecule has 0 atom stereocenters. The van der Waals surface area contributed by atoms with E-state index in [0.29, 0.717) is 0 Å². The van der Waals surface area contributed by atoms with Crippen molar-refractivity contribution in [2.45, 2.75) is 76.8 Å². The number of rotatable bonds is 11. The number of nitrogens with two attached hydrogens (primary N) is 1. The third-order valence-electron chi connectivity index (χ3n) is 7.96. The van der Waals surface area contributed by atoms with Gasteiger partial charge in [0.1, 0.15) is 11.4 Å². The van der Waals surface area contributed by atoms with Gasteiger partial charge >= 0.3 is 0 Å². The fourth-order valence-electron chi connectivity index (χ4n) is 5.60. The minimum atomic E-state index is -0.315. The van der Waals surface area contributed by atoms with Crippen molar-refractivity contribution in [3.8, 4) is 16.8 Å². The fraction of sp³-hybridized carbons (Fsp3) is 0.419. The predicted octanol–water partition coefficient (Wildman–Crippen LogP) is 6.62. The topological polar surface area (TPSA) is 86.9 Å². The van der Waals surface area contributed by atoms with Crippen LogP contribution in [0, 0.1) is 6.92 Å². The van der Waals surface area contributed by atoms with E-state index in [1.807, 2.05) is 25.3 Å². The van der Waals surface area contributed by atoms with Crippen LogP contribution in [-0.4, -0.2) is 36.8 Å². The molecule has 2 aromatic heterocycles. The molecule has 0 saturated heterocycles. The lowest BCUT2D eigenvalue weighted by molar-refractivity contribution is 0.521. The van der Waals surface area contributed by atoms with E-state index in [0.717, 1.165) is 89.1 Å². The molecular weight excluding hydrogens is 506 g/mol. The first-order valence-electron chi connectivity index (χ1n) is 14.2. The summed E-state index contributed by atoms with van der Waals surface area (Å²) < 4.78 is 4.27. The Morgan fingerprint density at radius 1 is 0.872 bits per heavy atom. The summed E-state index contributed by atoms with van der Waals surface area (Å²) in [4.78, 5) is 5.36. The van der Waals surface area contributed by atoms with Gasteiger partial charge in [-0.25, -0.2) is 0 Å². The van der Waals surface area contributed by atoms with Crippen molar-refractivity contribution in [1.82, 2.24) is 24.5 Å². The molecular formula is C31H36ClN7. The average Bonchev–Trinajstić information content (AvgIpc) is 3.42. The van der Waals surface area contributed by atoms with E-state index < -0.39 is 0 Å². The Hall–Kier alpha value is -3.29. The molecule has 6 rings (SSSR count). The molecule has 1 saturated carbocycles. The van der Waals surface area contributed by atoms with Crippen molar-refractivity contribution in [3.63, 3.8) is 0 Å². The van der Waals surface area contributed by atoms with Crippen molar-refractivity contribution in [2.75, 3.05) is 6.54 Å². The number of unbranched alkanes of at least 4 members (excludes halogenated alkanes) is 6. The van der Waals surface area contributed by atoms with Gasteiger partial charge in [-0.15, -0.1) is 10.2 Å². The zero-order valence-corrected chi connectivity index (χ0v) is 23.4. The minimum Gasteiger partial charge on any atom is -0.330 e. The van der Waals surface area contributed by atoms with Crippen molar-refractivity contribution >= 4 is 17.3 Å². The molecule has 1 fully saturated rings. The lowest BCUT2D eigenvalue weighted by Crippen LogP contribution is -2.11. The van der Waals surface area contributed by atoms with Crippen molar-refractivity contribution < 1.29 is 0 Å². The molecule has 2 aliphatic rings. The fourth-order valence-corrected chi connectivity index (χ4v) is 5.72. The van der Waals surface area contributed by atoms with Crippen LogP contribution in [0.5, 0.6) is 0 Å². The number of benzene rings is 2. The van der Waals surface area contributed by atoms with Crippen LogP contribution in [0.2, 0.25) is 5.02 Å². The number of halogens is 1. The van der Waals surface area contributed by atoms with E-state index in [1.54, 1.807) is 0 Å². The zero-order chi connectivity index (χ0) is 26.8. The molecule has 8 heteroatoms. The second-order valence-electron chi connectivity index (χ2n) is 10.9. The number of aliphatic imine (C=N–C) groups is 1. The lowest BCUT2D eigenvalue weighted by Gasteiger charge is -2.14. The van der Waals surface area contributed by atoms with E-state index in [9.17, 15) is 0 Å². The second kappa shape index (κ2) is 11.1. The van der Waals surface area contributed by atoms with Gasteiger partial charge < -0.3 is 5.73 Å². The summed E-state index contributed by atoms with van der Waals surface area (Å²) in [7, 11) is 0. The Morgan fingerprint density at radius 2 is 1.59 bits per heavy atom. The molecule has 3 heterocycles. The normalized spacial score (nSPS) is 15.1. The number of fused-ring (bicyclic) bond motifs is 4. The van der Waals surface area contributed by atoms with Crippen LogP contribution in [0.15, 0.2) is 59.9 Å². The van der Waals surface area contributed by atoms with Crippen LogP contribution in [0.25, 0.3) is 16.8 Å². The highest BCUT2D eigenvalue weighted by molar-refractivity contribution is 6.30. The van der Waals surface area contributed by atoms with Gasteiger partial charge in [-0.05, 0) is 69.0 Å². The van der Waals surface area contributed by atoms with Gasteiger partial charge in [-0.2, -0.15) is 5.10 Å². The summed E-state index contributed by atoms with van der Waals surface area (Å²) in [6.45, 7) is 3.77. The van der Waals surface area contributed by atoms with E-state index in [-0.39, 0.29) is 5.54 Å². The quantitative estimate of drug-likeness (QED) is 0.216. The predicted molar refractivity (Wildman–Crippen MR) is 157 cm³/mol. The number of aryl methyl sites for hydroxylation is 2. The van der Waals surface area contributed by atoms with Gasteiger partial charge in [0.25, 0.3) is 0 Å². The summed E-state index contributed by atoms with van der Waals surface area (Å²) in [5, 5.41) is 14.4. The third-order valence-corrected chi connectivity index (χ3v) is 8.21. The van der Waals surface area contributed by atoms with E-state index in [4.69, 9.17) is 22.3 Å². The smallest absolute Gasteiger partial charge is 0.165 e. The SMILES string of the molecule is Cc1nnc2n1-c1ccc(-c3cnn(CCCCCCCCCN)c3)cc1C(c1ccc(Cl)cc1)=NC21CC1. The minimum absolute atomic E-state index is 0.315. The van der Waals surface area contributed by atoms with Crippen molar-refractivity contribution in [3.05, 3.63) is 82.7 Å². The summed E-state index contributed by atoms with van der Waals surface area (Å²) in [5.74, 6) is 1.81. The van der Waals surface area contributed by atoms with Crippen LogP contribution < -0.4 is 5.73 Å². The second-order valence-corrected chi connectivity index (χ2v) is 11.3. The maximum Gasteiger partial charge on any atom is 0.165 e. The first kappa shape index (κ1) is 26.0. The van der Waals surface area contributed by atoms with E-state index in [2.05, 4.69) is 61.1 Å². The standard InChI is InChI=1S/C31H36ClN7/c1-22-36-37-30-31(15-16-31)35-29(23-9-12-26(32)13-10-23)27-19-24(11-14-28(27)39(22)30)25-20-34-38(21-25)18-8-6-4-2-3-5-7-17-33/h9-14,19-21H,2-8,15-18,33H2,1H3. The molecule has 0 unspecified atom stereocenters. The Balaban J connectivity index is 1.27. The highest BCUT2D eigenvalue weighted by Crippen LogP contribution is 2.51. The molecule has 2 aromatic carbocycles. The molecule has 2 N–H and O–H groups in total. The summed E-state index contributed by atoms with van der Waals surface area (Å²) in [5.41, 5.74) is 11.7. The number of aromatic nitrogens is 5. The molecule has 4 aromatic rings. The number of nitrogens with zero attached hydrogens (tertiary/aromatic N) is 6. The van der Waals surface area contributed by atoms with Gasteiger partial charge in [-0.3, -0.25) is 14.2 Å². The van der Waals surface area contributed by atoms with E-state index in [1.165, 1.54) is 32.1 Å². The van der Waals surface area contributed by atoms with Crippen LogP contribution in [-0.2, 0) is 12.1 Å². The molecule has 1 aliphatic carbocycles. The van der Waals surface area contributed by atoms with Gasteiger partial charge in [-0.1, -0.05) is 61.9 Å². The van der Waals surface area contributed by atoms with Gasteiger partial charge in [0, 0.05) is 34.5 Å². The molecule has 202 valence electrons. The molecule has 0 radical (unpaired) electrons. The Morgan fingerprint density at radius 3 is 2.33 bits per heavy atom. The van der Waals surface area contributed by atoms with Gasteiger partial charge in [0.2, 0.25) is 0 Å². The van der Waals surface area contributed by atoms with Crippen LogP contribution in [0.4, 0.5) is 0 Å². The van der Waals surface area contributed by atoms with Gasteiger partial charge in [0.15, 0.2) is 5.82 Å². The monoisotopic (exact) mass is 541 g/mol. The molecule has 1 spiro atoms. The zero-order valence-electron chi connectivity index (χ0n) is 22.6. The maximum atomic E-state index is 6.24. The Bertz CT molecular complexity index is 1480. The highest BCUT2D eigenvalue weighted by Gasteiger charge is 2.51. The summed E-state index contributed by atoms with van der Waals surface area (Å²) in [6, 6.07) is 14.6. The first-order valence-corrected chi connectivity index (χ1v) is 14.6. The Labute approximate surface area is 235 Å². The lowest BCUT2D eigenvalue weighted by atomic mass is 9.96. The van der Waals surface area contributed by atoms with Crippen LogP contribution >= 0.6 is 11.6 Å². The van der Waals surface area contributed by atoms with E-state index >= 15 is 0 Å². The maximum absolute atomic E-state index is 6.24. The Kier molecular flexibility index (Phi) is 7.36. The average molecular weight is 542 g/mol. The number of hydrogen-bond acceptors (Lipinski definition) is 5. The molecule has 7 nitrogen and oxygen atoms in total. The molecule has 0 amide bonds. The van der Waals surface area contributed by atoms with Crippen LogP contribution in [0.1, 0.15) is 80.6 Å². The molecule has 1 aliphatic heterocycles. The highest BCUT2D eigenvalue weighted by atomic mass is 35.5. The summed E-state index contributed by atoms with van der Waals surface area (Å²) in [6.07, 6.45) is 14.7. The van der Waals surface area contributed by atoms with Gasteiger partial charge in [0.05, 0.1) is 17.6 Å². The third kappa shape index (κ3) is 5.30. The van der Waals surface area contributed by atoms with Crippen molar-refractivity contribution in [1.29, 1.82) is 0 Å². The largest absolute Gasteiger partial charge is 0.330 e. The number of hydrogen-bond donors (Lipinski definition) is 1.